The lowest BCUT2D eigenvalue weighted by Crippen LogP contribution is -2.40. The van der Waals surface area contributed by atoms with Gasteiger partial charge in [-0.05, 0) is 106 Å². The lowest BCUT2D eigenvalue weighted by molar-refractivity contribution is 0.111. The van der Waals surface area contributed by atoms with E-state index in [1.165, 1.54) is 99.5 Å². The van der Waals surface area contributed by atoms with Gasteiger partial charge in [0.1, 0.15) is 0 Å². The molecule has 1 aliphatic carbocycles. The Labute approximate surface area is 231 Å². The number of piperidine rings is 1. The molecular formula is C35H49N3. The molecule has 3 heteroatoms. The van der Waals surface area contributed by atoms with Gasteiger partial charge < -0.3 is 5.32 Å². The number of allylic oxidation sites excluding steroid dienone is 4. The molecule has 3 nitrogen and oxygen atoms in total. The molecular weight excluding hydrogens is 462 g/mol. The van der Waals surface area contributed by atoms with Gasteiger partial charge in [0.25, 0.3) is 0 Å². The van der Waals surface area contributed by atoms with Gasteiger partial charge in [-0.25, -0.2) is 4.98 Å². The number of hydrogen-bond donors (Lipinski definition) is 1. The van der Waals surface area contributed by atoms with E-state index in [2.05, 4.69) is 73.8 Å². The third-order valence-electron chi connectivity index (χ3n) is 9.88. The Hall–Kier alpha value is -2.26. The quantitative estimate of drug-likeness (QED) is 0.361. The van der Waals surface area contributed by atoms with Gasteiger partial charge in [-0.3, -0.25) is 4.99 Å². The van der Waals surface area contributed by atoms with E-state index in [1.54, 1.807) is 0 Å². The Morgan fingerprint density at radius 2 is 1.74 bits per heavy atom. The van der Waals surface area contributed by atoms with E-state index in [1.807, 2.05) is 0 Å². The Kier molecular flexibility index (Phi) is 9.49. The van der Waals surface area contributed by atoms with Crippen molar-refractivity contribution in [2.45, 2.75) is 90.9 Å². The number of aliphatic imine (C=N–C) groups is 1. The molecule has 2 aliphatic heterocycles. The van der Waals surface area contributed by atoms with E-state index in [0.717, 1.165) is 31.0 Å². The van der Waals surface area contributed by atoms with E-state index >= 15 is 0 Å². The number of rotatable bonds is 8. The fourth-order valence-electron chi connectivity index (χ4n) is 7.20. The zero-order chi connectivity index (χ0) is 26.2. The van der Waals surface area contributed by atoms with E-state index in [-0.39, 0.29) is 0 Å². The minimum Gasteiger partial charge on any atom is -0.317 e. The van der Waals surface area contributed by atoms with Crippen LogP contribution in [0.3, 0.4) is 0 Å². The molecule has 1 aromatic heterocycles. The predicted molar refractivity (Wildman–Crippen MR) is 163 cm³/mol. The molecule has 0 amide bonds. The third-order valence-corrected chi connectivity index (χ3v) is 9.88. The van der Waals surface area contributed by atoms with Crippen molar-refractivity contribution in [2.24, 2.45) is 28.2 Å². The van der Waals surface area contributed by atoms with Crippen molar-refractivity contribution in [3.63, 3.8) is 0 Å². The van der Waals surface area contributed by atoms with E-state index < -0.39 is 0 Å². The van der Waals surface area contributed by atoms with Gasteiger partial charge in [0.15, 0.2) is 0 Å². The minimum absolute atomic E-state index is 0.557. The second-order valence-electron chi connectivity index (χ2n) is 12.5. The van der Waals surface area contributed by atoms with Crippen LogP contribution < -0.4 is 5.32 Å². The summed E-state index contributed by atoms with van der Waals surface area (Å²) in [7, 11) is 0. The van der Waals surface area contributed by atoms with Gasteiger partial charge >= 0.3 is 0 Å². The molecule has 1 aromatic carbocycles. The van der Waals surface area contributed by atoms with E-state index in [9.17, 15) is 0 Å². The fourth-order valence-corrected chi connectivity index (χ4v) is 7.20. The Bertz CT molecular complexity index is 1140. The molecule has 2 unspecified atom stereocenters. The van der Waals surface area contributed by atoms with Crippen molar-refractivity contribution in [1.29, 1.82) is 0 Å². The number of benzene rings is 1. The number of aryl methyl sites for hydroxylation is 1. The Morgan fingerprint density at radius 1 is 0.921 bits per heavy atom. The lowest BCUT2D eigenvalue weighted by atomic mass is 9.67. The molecule has 38 heavy (non-hydrogen) atoms. The molecule has 1 fully saturated rings. The maximum Gasteiger partial charge on any atom is 0.0847 e. The number of unbranched alkanes of at least 4 members (excludes halogenated alkanes) is 2. The highest BCUT2D eigenvalue weighted by Crippen LogP contribution is 2.41. The average molecular weight is 512 g/mol. The largest absolute Gasteiger partial charge is 0.317 e. The summed E-state index contributed by atoms with van der Waals surface area (Å²) in [4.78, 5) is 10.4. The third kappa shape index (κ3) is 6.65. The summed E-state index contributed by atoms with van der Waals surface area (Å²) >= 11 is 0. The topological polar surface area (TPSA) is 37.3 Å². The average Bonchev–Trinajstić information content (AvgIpc) is 2.95. The molecule has 2 atom stereocenters. The van der Waals surface area contributed by atoms with Gasteiger partial charge in [-0.2, -0.15) is 0 Å². The van der Waals surface area contributed by atoms with Crippen LogP contribution in [-0.4, -0.2) is 30.3 Å². The van der Waals surface area contributed by atoms with Crippen molar-refractivity contribution < 1.29 is 0 Å². The van der Waals surface area contributed by atoms with Crippen molar-refractivity contribution in [3.05, 3.63) is 65.9 Å². The zero-order valence-electron chi connectivity index (χ0n) is 23.9. The first-order valence-electron chi connectivity index (χ1n) is 15.6. The Balaban J connectivity index is 1.24. The van der Waals surface area contributed by atoms with Crippen LogP contribution in [-0.2, 0) is 6.42 Å². The lowest BCUT2D eigenvalue weighted by Gasteiger charge is -2.41. The summed E-state index contributed by atoms with van der Waals surface area (Å²) in [6.45, 7) is 8.21. The molecule has 1 N–H and O–H groups in total. The monoisotopic (exact) mass is 511 g/mol. The minimum atomic E-state index is 0.557. The number of nitrogens with zero attached hydrogens (tertiary/aromatic N) is 2. The van der Waals surface area contributed by atoms with Crippen LogP contribution in [0.25, 0.3) is 10.9 Å². The number of nitrogens with one attached hydrogen (secondary N) is 1. The van der Waals surface area contributed by atoms with Crippen LogP contribution in [0.5, 0.6) is 0 Å². The Morgan fingerprint density at radius 3 is 2.55 bits per heavy atom. The molecule has 0 radical (unpaired) electrons. The first-order chi connectivity index (χ1) is 18.6. The standard InChI is InChI=1S/C35H49N3/c1-27(2)35(22-25-36-26-23-35)21-8-3-4-14-30-15-10-16-31-18-20-33(38-34(30)31)32-19-17-29-12-6-5-11-28(29)13-7-9-24-37-32/h5-6,10-12,15-16,18,20,27-29,36H,3-4,7-9,13-14,17,19,21-26H2,1-2H3. The van der Waals surface area contributed by atoms with Crippen molar-refractivity contribution in [3.8, 4) is 0 Å². The molecule has 2 aromatic rings. The summed E-state index contributed by atoms with van der Waals surface area (Å²) in [6.07, 6.45) is 24.4. The number of aromatic nitrogens is 1. The van der Waals surface area contributed by atoms with Gasteiger partial charge in [0.2, 0.25) is 0 Å². The molecule has 0 spiro atoms. The summed E-state index contributed by atoms with van der Waals surface area (Å²) < 4.78 is 0. The number of hydrogen-bond acceptors (Lipinski definition) is 3. The maximum atomic E-state index is 5.27. The summed E-state index contributed by atoms with van der Waals surface area (Å²) in [5.74, 6) is 2.12. The normalized spacial score (nSPS) is 23.8. The van der Waals surface area contributed by atoms with E-state index in [4.69, 9.17) is 9.98 Å². The fraction of sp³-hybridized carbons (Fsp3) is 0.600. The van der Waals surface area contributed by atoms with Crippen LogP contribution in [0, 0.1) is 23.2 Å². The molecule has 5 rings (SSSR count). The van der Waals surface area contributed by atoms with Crippen LogP contribution >= 0.6 is 0 Å². The van der Waals surface area contributed by atoms with Crippen molar-refractivity contribution >= 4 is 16.6 Å². The molecule has 0 bridgehead atoms. The second-order valence-corrected chi connectivity index (χ2v) is 12.5. The van der Waals surface area contributed by atoms with E-state index in [0.29, 0.717) is 17.3 Å². The molecule has 204 valence electrons. The summed E-state index contributed by atoms with van der Waals surface area (Å²) in [5, 5.41) is 4.83. The van der Waals surface area contributed by atoms with Gasteiger partial charge in [0, 0.05) is 11.9 Å². The number of para-hydroxylation sites is 1. The van der Waals surface area contributed by atoms with Crippen molar-refractivity contribution in [1.82, 2.24) is 10.3 Å². The molecule has 0 saturated carbocycles. The zero-order valence-corrected chi connectivity index (χ0v) is 23.9. The number of pyridine rings is 1. The first kappa shape index (κ1) is 27.3. The van der Waals surface area contributed by atoms with Crippen LogP contribution in [0.1, 0.15) is 95.7 Å². The van der Waals surface area contributed by atoms with Crippen LogP contribution in [0.2, 0.25) is 0 Å². The maximum absolute atomic E-state index is 5.27. The van der Waals surface area contributed by atoms with Crippen molar-refractivity contribution in [2.75, 3.05) is 19.6 Å². The van der Waals surface area contributed by atoms with Crippen LogP contribution in [0.15, 0.2) is 59.6 Å². The highest BCUT2D eigenvalue weighted by Gasteiger charge is 2.34. The highest BCUT2D eigenvalue weighted by atomic mass is 14.9. The predicted octanol–water partition coefficient (Wildman–Crippen LogP) is 8.48. The number of fused-ring (bicyclic) bond motifs is 2. The first-order valence-corrected chi connectivity index (χ1v) is 15.6. The van der Waals surface area contributed by atoms with Gasteiger partial charge in [-0.1, -0.05) is 81.7 Å². The van der Waals surface area contributed by atoms with Crippen LogP contribution in [0.4, 0.5) is 0 Å². The SMILES string of the molecule is CC(C)C1(CCCCCc2cccc3ccc(C4=NCCCCC5C=CC=CC5CC4)nc23)CCNCC1. The van der Waals surface area contributed by atoms with Gasteiger partial charge in [0.05, 0.1) is 16.9 Å². The molecule has 3 aliphatic rings. The summed E-state index contributed by atoms with van der Waals surface area (Å²) in [5.41, 5.74) is 5.47. The highest BCUT2D eigenvalue weighted by molar-refractivity contribution is 6.00. The molecule has 3 heterocycles. The molecule has 1 saturated heterocycles. The smallest absolute Gasteiger partial charge is 0.0847 e. The second kappa shape index (κ2) is 13.2. The summed E-state index contributed by atoms with van der Waals surface area (Å²) in [6, 6.07) is 11.2. The van der Waals surface area contributed by atoms with Gasteiger partial charge in [-0.15, -0.1) is 0 Å².